The molecular formula is C10H11BrN2S2. The molecule has 2 rings (SSSR count). The van der Waals surface area contributed by atoms with E-state index in [-0.39, 0.29) is 0 Å². The van der Waals surface area contributed by atoms with Gasteiger partial charge in [-0.05, 0) is 34.3 Å². The second-order valence-electron chi connectivity index (χ2n) is 3.20. The molecule has 2 heterocycles. The van der Waals surface area contributed by atoms with E-state index in [0.29, 0.717) is 6.04 Å². The van der Waals surface area contributed by atoms with Gasteiger partial charge >= 0.3 is 0 Å². The number of hydrogen-bond donors (Lipinski definition) is 1. The predicted octanol–water partition coefficient (Wildman–Crippen LogP) is 3.82. The normalized spacial score (nSPS) is 12.9. The number of thiophene rings is 1. The lowest BCUT2D eigenvalue weighted by Gasteiger charge is -2.10. The van der Waals surface area contributed by atoms with E-state index in [1.807, 2.05) is 11.7 Å². The topological polar surface area (TPSA) is 24.9 Å². The molecule has 0 saturated carbocycles. The molecule has 1 N–H and O–H groups in total. The summed E-state index contributed by atoms with van der Waals surface area (Å²) in [5.41, 5.74) is 1.87. The van der Waals surface area contributed by atoms with E-state index >= 15 is 0 Å². The van der Waals surface area contributed by atoms with Gasteiger partial charge in [0.15, 0.2) is 0 Å². The van der Waals surface area contributed by atoms with Crippen LogP contribution in [0.5, 0.6) is 0 Å². The van der Waals surface area contributed by atoms with Crippen molar-refractivity contribution in [2.75, 3.05) is 0 Å². The molecule has 0 bridgehead atoms. The Bertz CT molecular complexity index is 411. The largest absolute Gasteiger partial charge is 0.304 e. The van der Waals surface area contributed by atoms with E-state index in [2.05, 4.69) is 44.6 Å². The number of aromatic nitrogens is 1. The first-order chi connectivity index (χ1) is 7.27. The van der Waals surface area contributed by atoms with Crippen molar-refractivity contribution in [3.05, 3.63) is 37.4 Å². The number of halogens is 1. The molecule has 2 aromatic heterocycles. The number of hydrogen-bond acceptors (Lipinski definition) is 4. The van der Waals surface area contributed by atoms with Gasteiger partial charge in [0.2, 0.25) is 0 Å². The van der Waals surface area contributed by atoms with Gasteiger partial charge in [-0.1, -0.05) is 0 Å². The highest BCUT2D eigenvalue weighted by Crippen LogP contribution is 2.24. The highest BCUT2D eigenvalue weighted by atomic mass is 79.9. The Morgan fingerprint density at radius 3 is 3.00 bits per heavy atom. The Kier molecular flexibility index (Phi) is 3.91. The van der Waals surface area contributed by atoms with E-state index in [0.717, 1.165) is 6.54 Å². The maximum Gasteiger partial charge on any atom is 0.0794 e. The van der Waals surface area contributed by atoms with Crippen molar-refractivity contribution in [2.45, 2.75) is 19.5 Å². The molecule has 2 aromatic rings. The maximum atomic E-state index is 4.08. The number of rotatable bonds is 4. The van der Waals surface area contributed by atoms with Crippen molar-refractivity contribution in [3.8, 4) is 0 Å². The van der Waals surface area contributed by atoms with Crippen LogP contribution in [0.15, 0.2) is 27.6 Å². The molecule has 2 nitrogen and oxygen atoms in total. The molecule has 15 heavy (non-hydrogen) atoms. The van der Waals surface area contributed by atoms with Crippen LogP contribution in [-0.4, -0.2) is 4.98 Å². The van der Waals surface area contributed by atoms with Gasteiger partial charge in [-0.25, -0.2) is 0 Å². The molecule has 0 fully saturated rings. The zero-order valence-electron chi connectivity index (χ0n) is 8.24. The van der Waals surface area contributed by atoms with Crippen LogP contribution in [0.3, 0.4) is 0 Å². The lowest BCUT2D eigenvalue weighted by Crippen LogP contribution is -2.16. The second-order valence-corrected chi connectivity index (χ2v) is 5.97. The molecule has 0 spiro atoms. The molecule has 0 aliphatic rings. The first-order valence-corrected chi connectivity index (χ1v) is 7.16. The Balaban J connectivity index is 1.91. The quantitative estimate of drug-likeness (QED) is 0.929. The van der Waals surface area contributed by atoms with Crippen LogP contribution in [0.25, 0.3) is 0 Å². The smallest absolute Gasteiger partial charge is 0.0794 e. The third kappa shape index (κ3) is 2.87. The molecule has 0 amide bonds. The first-order valence-electron chi connectivity index (χ1n) is 4.61. The fourth-order valence-electron chi connectivity index (χ4n) is 1.24. The van der Waals surface area contributed by atoms with Gasteiger partial charge in [0.25, 0.3) is 0 Å². The average molecular weight is 303 g/mol. The second kappa shape index (κ2) is 5.21. The SMILES string of the molecule is CC(NCc1sccc1Br)c1cncs1. The Morgan fingerprint density at radius 1 is 1.53 bits per heavy atom. The molecule has 1 unspecified atom stereocenters. The van der Waals surface area contributed by atoms with E-state index in [1.165, 1.54) is 14.2 Å². The highest BCUT2D eigenvalue weighted by Gasteiger charge is 2.07. The molecule has 0 aliphatic carbocycles. The van der Waals surface area contributed by atoms with Crippen molar-refractivity contribution in [3.63, 3.8) is 0 Å². The predicted molar refractivity (Wildman–Crippen MR) is 69.4 cm³/mol. The fraction of sp³-hybridized carbons (Fsp3) is 0.300. The number of nitrogens with one attached hydrogen (secondary N) is 1. The van der Waals surface area contributed by atoms with Crippen LogP contribution in [0.4, 0.5) is 0 Å². The third-order valence-corrected chi connectivity index (χ3v) is 5.02. The van der Waals surface area contributed by atoms with Crippen LogP contribution < -0.4 is 5.32 Å². The summed E-state index contributed by atoms with van der Waals surface area (Å²) in [6.07, 6.45) is 1.92. The minimum Gasteiger partial charge on any atom is -0.304 e. The lowest BCUT2D eigenvalue weighted by atomic mass is 10.3. The van der Waals surface area contributed by atoms with E-state index in [4.69, 9.17) is 0 Å². The molecule has 0 aromatic carbocycles. The van der Waals surface area contributed by atoms with Crippen LogP contribution in [0.1, 0.15) is 22.7 Å². The molecule has 80 valence electrons. The zero-order chi connectivity index (χ0) is 10.7. The van der Waals surface area contributed by atoms with E-state index in [9.17, 15) is 0 Å². The first kappa shape index (κ1) is 11.3. The van der Waals surface area contributed by atoms with Crippen LogP contribution in [0.2, 0.25) is 0 Å². The summed E-state index contributed by atoms with van der Waals surface area (Å²) in [7, 11) is 0. The summed E-state index contributed by atoms with van der Waals surface area (Å²) in [4.78, 5) is 6.70. The Labute approximate surface area is 106 Å². The van der Waals surface area contributed by atoms with Crippen LogP contribution in [0, 0.1) is 0 Å². The summed E-state index contributed by atoms with van der Waals surface area (Å²) in [6.45, 7) is 3.06. The van der Waals surface area contributed by atoms with E-state index < -0.39 is 0 Å². The van der Waals surface area contributed by atoms with Gasteiger partial charge in [0, 0.05) is 33.0 Å². The zero-order valence-corrected chi connectivity index (χ0v) is 11.5. The van der Waals surface area contributed by atoms with Crippen molar-refractivity contribution in [2.24, 2.45) is 0 Å². The van der Waals surface area contributed by atoms with Gasteiger partial charge in [-0.2, -0.15) is 0 Å². The number of thiazole rings is 1. The summed E-state index contributed by atoms with van der Waals surface area (Å²) < 4.78 is 1.19. The van der Waals surface area contributed by atoms with Gasteiger partial charge in [-0.15, -0.1) is 22.7 Å². The monoisotopic (exact) mass is 302 g/mol. The van der Waals surface area contributed by atoms with Crippen molar-refractivity contribution < 1.29 is 0 Å². The van der Waals surface area contributed by atoms with E-state index in [1.54, 1.807) is 22.7 Å². The molecule has 5 heteroatoms. The van der Waals surface area contributed by atoms with Crippen LogP contribution in [-0.2, 0) is 6.54 Å². The summed E-state index contributed by atoms with van der Waals surface area (Å²) in [5, 5.41) is 5.57. The highest BCUT2D eigenvalue weighted by molar-refractivity contribution is 9.10. The molecule has 1 atom stereocenters. The summed E-state index contributed by atoms with van der Waals surface area (Å²) >= 11 is 6.98. The summed E-state index contributed by atoms with van der Waals surface area (Å²) in [6, 6.07) is 2.45. The molecule has 0 saturated heterocycles. The Hall–Kier alpha value is -0.230. The van der Waals surface area contributed by atoms with Crippen molar-refractivity contribution in [1.29, 1.82) is 0 Å². The molecular weight excluding hydrogens is 292 g/mol. The van der Waals surface area contributed by atoms with Gasteiger partial charge in [0.05, 0.1) is 5.51 Å². The van der Waals surface area contributed by atoms with Gasteiger partial charge < -0.3 is 5.32 Å². The maximum absolute atomic E-state index is 4.08. The molecule has 0 aliphatic heterocycles. The minimum absolute atomic E-state index is 0.367. The standard InChI is InChI=1S/C10H11BrN2S2/c1-7(9-4-12-6-15-9)13-5-10-8(11)2-3-14-10/h2-4,6-7,13H,5H2,1H3. The summed E-state index contributed by atoms with van der Waals surface area (Å²) in [5.74, 6) is 0. The number of nitrogens with zero attached hydrogens (tertiary/aromatic N) is 1. The Morgan fingerprint density at radius 2 is 2.40 bits per heavy atom. The van der Waals surface area contributed by atoms with Crippen molar-refractivity contribution >= 4 is 38.6 Å². The van der Waals surface area contributed by atoms with Crippen LogP contribution >= 0.6 is 38.6 Å². The lowest BCUT2D eigenvalue weighted by molar-refractivity contribution is 0.585. The van der Waals surface area contributed by atoms with Gasteiger partial charge in [-0.3, -0.25) is 4.98 Å². The van der Waals surface area contributed by atoms with Gasteiger partial charge in [0.1, 0.15) is 0 Å². The average Bonchev–Trinajstić information content (AvgIpc) is 2.85. The molecule has 0 radical (unpaired) electrons. The fourth-order valence-corrected chi connectivity index (χ4v) is 3.33. The third-order valence-electron chi connectivity index (χ3n) is 2.14. The minimum atomic E-state index is 0.367. The van der Waals surface area contributed by atoms with Crippen molar-refractivity contribution in [1.82, 2.24) is 10.3 Å².